The quantitative estimate of drug-likeness (QED) is 0.221. The zero-order valence-electron chi connectivity index (χ0n) is 20.7. The maximum atomic E-state index is 13.7. The van der Waals surface area contributed by atoms with Gasteiger partial charge in [-0.05, 0) is 50.8 Å². The van der Waals surface area contributed by atoms with E-state index in [9.17, 15) is 14.4 Å². The lowest BCUT2D eigenvalue weighted by molar-refractivity contribution is -0.148. The van der Waals surface area contributed by atoms with Crippen LogP contribution in [-0.4, -0.2) is 70.4 Å². The van der Waals surface area contributed by atoms with Crippen LogP contribution in [0.2, 0.25) is 0 Å². The topological polar surface area (TPSA) is 93.5 Å². The van der Waals surface area contributed by atoms with Gasteiger partial charge in [0, 0.05) is 39.5 Å². The van der Waals surface area contributed by atoms with Crippen molar-refractivity contribution < 1.29 is 19.1 Å². The average Bonchev–Trinajstić information content (AvgIpc) is 3.14. The second kappa shape index (κ2) is 11.5. The molecular weight excluding hydrogens is 500 g/mol. The van der Waals surface area contributed by atoms with Crippen LogP contribution < -0.4 is 10.5 Å². The molecule has 4 rings (SSSR count). The summed E-state index contributed by atoms with van der Waals surface area (Å²) in [6.07, 6.45) is 5.17. The average molecular weight is 531 g/mol. The van der Waals surface area contributed by atoms with Crippen molar-refractivity contribution in [3.63, 3.8) is 0 Å². The summed E-state index contributed by atoms with van der Waals surface area (Å²) in [7, 11) is 1.61. The molecule has 0 saturated carbocycles. The Labute approximate surface area is 219 Å². The fourth-order valence-corrected chi connectivity index (χ4v) is 5.74. The Balaban J connectivity index is 1.71. The minimum Gasteiger partial charge on any atom is -0.466 e. The highest BCUT2D eigenvalue weighted by atomic mass is 32.2. The van der Waals surface area contributed by atoms with Gasteiger partial charge in [-0.15, -0.1) is 0 Å². The van der Waals surface area contributed by atoms with E-state index < -0.39 is 0 Å². The van der Waals surface area contributed by atoms with Gasteiger partial charge in [0.05, 0.1) is 23.0 Å². The van der Waals surface area contributed by atoms with E-state index in [2.05, 4.69) is 0 Å². The highest BCUT2D eigenvalue weighted by molar-refractivity contribution is 8.26. The number of methoxy groups -OCH3 is 1. The number of esters is 1. The van der Waals surface area contributed by atoms with E-state index in [0.29, 0.717) is 78.4 Å². The summed E-state index contributed by atoms with van der Waals surface area (Å²) < 4.78 is 12.3. The number of anilines is 1. The van der Waals surface area contributed by atoms with Crippen molar-refractivity contribution in [1.82, 2.24) is 14.3 Å². The van der Waals surface area contributed by atoms with E-state index >= 15 is 0 Å². The fourth-order valence-electron chi connectivity index (χ4n) is 4.45. The number of aryl methyl sites for hydroxylation is 1. The van der Waals surface area contributed by atoms with Crippen LogP contribution in [0.3, 0.4) is 0 Å². The molecule has 192 valence electrons. The third-order valence-electron chi connectivity index (χ3n) is 6.36. The van der Waals surface area contributed by atoms with Crippen LogP contribution in [0.5, 0.6) is 0 Å². The van der Waals surface area contributed by atoms with E-state index in [1.165, 1.54) is 16.2 Å². The number of pyridine rings is 1. The highest BCUT2D eigenvalue weighted by Gasteiger charge is 2.33. The molecule has 0 aliphatic carbocycles. The smallest absolute Gasteiger partial charge is 0.309 e. The van der Waals surface area contributed by atoms with E-state index in [0.717, 1.165) is 5.56 Å². The molecule has 36 heavy (non-hydrogen) atoms. The number of piperidine rings is 1. The van der Waals surface area contributed by atoms with Crippen LogP contribution in [-0.2, 0) is 19.1 Å². The summed E-state index contributed by atoms with van der Waals surface area (Å²) in [6.45, 7) is 6.15. The second-order valence-electron chi connectivity index (χ2n) is 8.73. The third-order valence-corrected chi connectivity index (χ3v) is 7.74. The van der Waals surface area contributed by atoms with Crippen molar-refractivity contribution in [1.29, 1.82) is 0 Å². The SMILES string of the molecule is CCOC(=O)C1CCN(c2nc3c(C)cccn3c(=O)c2C=C2SC(=S)N(CCCOC)C2=O)CC1. The second-order valence-corrected chi connectivity index (χ2v) is 10.4. The summed E-state index contributed by atoms with van der Waals surface area (Å²) >= 11 is 6.63. The van der Waals surface area contributed by atoms with Gasteiger partial charge in [-0.25, -0.2) is 4.98 Å². The van der Waals surface area contributed by atoms with Gasteiger partial charge < -0.3 is 14.4 Å². The normalized spacial score (nSPS) is 18.0. The first-order valence-electron chi connectivity index (χ1n) is 12.0. The van der Waals surface area contributed by atoms with Gasteiger partial charge >= 0.3 is 5.97 Å². The van der Waals surface area contributed by atoms with Gasteiger partial charge in [-0.3, -0.25) is 23.7 Å². The van der Waals surface area contributed by atoms with E-state index in [1.807, 2.05) is 17.9 Å². The van der Waals surface area contributed by atoms with Gasteiger partial charge in [0.25, 0.3) is 11.5 Å². The minimum absolute atomic E-state index is 0.170. The molecule has 9 nitrogen and oxygen atoms in total. The third kappa shape index (κ3) is 5.33. The molecule has 0 radical (unpaired) electrons. The van der Waals surface area contributed by atoms with Crippen LogP contribution in [0.4, 0.5) is 5.82 Å². The number of thiocarbonyl (C=S) groups is 1. The number of nitrogens with zero attached hydrogens (tertiary/aromatic N) is 4. The molecule has 0 aromatic carbocycles. The lowest BCUT2D eigenvalue weighted by Gasteiger charge is -2.32. The predicted molar refractivity (Wildman–Crippen MR) is 144 cm³/mol. The first kappa shape index (κ1) is 26.3. The lowest BCUT2D eigenvalue weighted by Crippen LogP contribution is -2.39. The molecule has 0 atom stereocenters. The van der Waals surface area contributed by atoms with E-state index in [4.69, 9.17) is 26.7 Å². The van der Waals surface area contributed by atoms with Crippen molar-refractivity contribution in [2.75, 3.05) is 44.9 Å². The number of hydrogen-bond donors (Lipinski definition) is 0. The Kier molecular flexibility index (Phi) is 8.43. The van der Waals surface area contributed by atoms with Gasteiger partial charge in [-0.2, -0.15) is 0 Å². The molecule has 2 saturated heterocycles. The summed E-state index contributed by atoms with van der Waals surface area (Å²) in [6, 6.07) is 3.71. The molecule has 2 fully saturated rings. The number of carbonyl (C=O) groups excluding carboxylic acids is 2. The molecule has 4 heterocycles. The molecule has 0 unspecified atom stereocenters. The molecule has 2 aromatic heterocycles. The van der Waals surface area contributed by atoms with Crippen molar-refractivity contribution in [2.45, 2.75) is 33.1 Å². The van der Waals surface area contributed by atoms with Gasteiger partial charge in [0.2, 0.25) is 0 Å². The maximum absolute atomic E-state index is 13.7. The summed E-state index contributed by atoms with van der Waals surface area (Å²) in [5.41, 5.74) is 1.52. The minimum atomic E-state index is -0.254. The number of hydrogen-bond acceptors (Lipinski definition) is 9. The Morgan fingerprint density at radius 3 is 2.75 bits per heavy atom. The highest BCUT2D eigenvalue weighted by Crippen LogP contribution is 2.34. The zero-order valence-corrected chi connectivity index (χ0v) is 22.3. The molecule has 2 aliphatic heterocycles. The number of rotatable bonds is 8. The Bertz CT molecular complexity index is 1270. The van der Waals surface area contributed by atoms with Crippen molar-refractivity contribution in [2.24, 2.45) is 5.92 Å². The zero-order chi connectivity index (χ0) is 25.8. The molecule has 0 N–H and O–H groups in total. The van der Waals surface area contributed by atoms with Crippen LogP contribution in [0.15, 0.2) is 28.0 Å². The summed E-state index contributed by atoms with van der Waals surface area (Å²) in [5, 5.41) is 0. The molecule has 2 aromatic rings. The monoisotopic (exact) mass is 530 g/mol. The van der Waals surface area contributed by atoms with Gasteiger partial charge in [0.1, 0.15) is 15.8 Å². The van der Waals surface area contributed by atoms with Crippen molar-refractivity contribution in [3.8, 4) is 0 Å². The van der Waals surface area contributed by atoms with Crippen LogP contribution in [0.25, 0.3) is 11.7 Å². The number of ether oxygens (including phenoxy) is 2. The van der Waals surface area contributed by atoms with E-state index in [-0.39, 0.29) is 23.4 Å². The van der Waals surface area contributed by atoms with E-state index in [1.54, 1.807) is 37.3 Å². The Morgan fingerprint density at radius 2 is 2.06 bits per heavy atom. The van der Waals surface area contributed by atoms with Crippen LogP contribution in [0.1, 0.15) is 37.3 Å². The number of aromatic nitrogens is 2. The number of fused-ring (bicyclic) bond motifs is 1. The van der Waals surface area contributed by atoms with Gasteiger partial charge in [-0.1, -0.05) is 30.0 Å². The lowest BCUT2D eigenvalue weighted by atomic mass is 9.96. The summed E-state index contributed by atoms with van der Waals surface area (Å²) in [4.78, 5) is 47.8. The van der Waals surface area contributed by atoms with Crippen molar-refractivity contribution >= 4 is 57.7 Å². The molecule has 1 amide bonds. The predicted octanol–water partition coefficient (Wildman–Crippen LogP) is 3.02. The van der Waals surface area contributed by atoms with Gasteiger partial charge in [0.15, 0.2) is 0 Å². The standard InChI is InChI=1S/C25H30N4O5S2/c1-4-34-24(32)17-8-12-27(13-9-17)21-18(22(30)28-10-5-7-16(2)20(28)26-21)15-19-23(31)29(25(35)36-19)11-6-14-33-3/h5,7,10,15,17H,4,6,8-9,11-14H2,1-3H3. The molecular formula is C25H30N4O5S2. The van der Waals surface area contributed by atoms with Crippen LogP contribution >= 0.6 is 24.0 Å². The molecule has 0 bridgehead atoms. The maximum Gasteiger partial charge on any atom is 0.309 e. The molecule has 11 heteroatoms. The number of amides is 1. The number of thioether (sulfide) groups is 1. The summed E-state index contributed by atoms with van der Waals surface area (Å²) in [5.74, 6) is -0.0590. The Morgan fingerprint density at radius 1 is 1.31 bits per heavy atom. The largest absolute Gasteiger partial charge is 0.466 e. The van der Waals surface area contributed by atoms with Crippen LogP contribution in [0, 0.1) is 12.8 Å². The number of carbonyl (C=O) groups is 2. The Hall–Kier alpha value is -2.76. The molecule has 2 aliphatic rings. The fraction of sp³-hybridized carbons (Fsp3) is 0.480. The van der Waals surface area contributed by atoms with Crippen molar-refractivity contribution in [3.05, 3.63) is 44.7 Å². The molecule has 0 spiro atoms. The first-order chi connectivity index (χ1) is 17.3. The first-order valence-corrected chi connectivity index (χ1v) is 13.3.